The fraction of sp³-hybridized carbons (Fsp3) is 0.500. The third-order valence-corrected chi connectivity index (χ3v) is 4.27. The minimum Gasteiger partial charge on any atom is -0.493 e. The van der Waals surface area contributed by atoms with Crippen molar-refractivity contribution in [1.82, 2.24) is 10.6 Å². The summed E-state index contributed by atoms with van der Waals surface area (Å²) in [4.78, 5) is 24.8. The molecule has 1 aliphatic heterocycles. The summed E-state index contributed by atoms with van der Waals surface area (Å²) in [5, 5.41) is 5.48. The number of allylic oxidation sites excluding steroid dienone is 1. The number of carbonyl (C=O) groups is 2. The first-order valence-corrected chi connectivity index (χ1v) is 9.36. The first kappa shape index (κ1) is 21.4. The monoisotopic (exact) mass is 392 g/mol. The molecule has 1 unspecified atom stereocenters. The van der Waals surface area contributed by atoms with Gasteiger partial charge in [-0.15, -0.1) is 0 Å². The van der Waals surface area contributed by atoms with E-state index < -0.39 is 12.0 Å². The minimum absolute atomic E-state index is 0.233. The Hall–Kier alpha value is -2.90. The van der Waals surface area contributed by atoms with Crippen LogP contribution in [0.5, 0.6) is 17.2 Å². The second-order valence-electron chi connectivity index (χ2n) is 6.10. The summed E-state index contributed by atoms with van der Waals surface area (Å²) in [7, 11) is 3.05. The molecule has 1 aromatic rings. The molecule has 0 bridgehead atoms. The standard InChI is InChI=1S/C20H28N2O6/c1-6-9-28-18-14(25-4)10-12(11-15(18)26-5)17-16(19(23)27-8-3)13(7-2)21-20(24)22-17/h10-11,17H,6-9H2,1-5H3,(H2,21,22,24). The molecule has 0 radical (unpaired) electrons. The van der Waals surface area contributed by atoms with E-state index >= 15 is 0 Å². The number of hydrogen-bond donors (Lipinski definition) is 2. The predicted molar refractivity (Wildman–Crippen MR) is 104 cm³/mol. The van der Waals surface area contributed by atoms with Crippen LogP contribution in [0.25, 0.3) is 0 Å². The Morgan fingerprint density at radius 1 is 1.11 bits per heavy atom. The molecular formula is C20H28N2O6. The summed E-state index contributed by atoms with van der Waals surface area (Å²) < 4.78 is 21.9. The third-order valence-electron chi connectivity index (χ3n) is 4.27. The first-order chi connectivity index (χ1) is 13.5. The van der Waals surface area contributed by atoms with E-state index in [9.17, 15) is 9.59 Å². The van der Waals surface area contributed by atoms with Crippen molar-refractivity contribution in [2.24, 2.45) is 0 Å². The number of benzene rings is 1. The van der Waals surface area contributed by atoms with E-state index in [1.807, 2.05) is 13.8 Å². The Kier molecular flexibility index (Phi) is 7.54. The maximum atomic E-state index is 12.6. The highest BCUT2D eigenvalue weighted by Gasteiger charge is 2.34. The number of nitrogens with one attached hydrogen (secondary N) is 2. The van der Waals surface area contributed by atoms with Crippen LogP contribution in [0.3, 0.4) is 0 Å². The normalized spacial score (nSPS) is 16.2. The third kappa shape index (κ3) is 4.49. The van der Waals surface area contributed by atoms with Gasteiger partial charge in [-0.25, -0.2) is 9.59 Å². The zero-order valence-electron chi connectivity index (χ0n) is 17.0. The quantitative estimate of drug-likeness (QED) is 0.627. The van der Waals surface area contributed by atoms with Crippen LogP contribution in [0.1, 0.15) is 45.2 Å². The number of carbonyl (C=O) groups excluding carboxylic acids is 2. The molecule has 0 spiro atoms. The molecule has 1 atom stereocenters. The second-order valence-corrected chi connectivity index (χ2v) is 6.10. The molecular weight excluding hydrogens is 364 g/mol. The summed E-state index contributed by atoms with van der Waals surface area (Å²) in [6, 6.07) is 2.37. The number of amides is 2. The van der Waals surface area contributed by atoms with Crippen molar-refractivity contribution in [3.63, 3.8) is 0 Å². The molecule has 0 aromatic heterocycles. The van der Waals surface area contributed by atoms with Crippen molar-refractivity contribution in [3.8, 4) is 17.2 Å². The molecule has 1 aliphatic rings. The molecule has 28 heavy (non-hydrogen) atoms. The van der Waals surface area contributed by atoms with E-state index in [-0.39, 0.29) is 12.6 Å². The van der Waals surface area contributed by atoms with Crippen LogP contribution in [-0.4, -0.2) is 39.4 Å². The van der Waals surface area contributed by atoms with Crippen molar-refractivity contribution in [3.05, 3.63) is 29.0 Å². The van der Waals surface area contributed by atoms with Gasteiger partial charge in [0.05, 0.1) is 39.0 Å². The Balaban J connectivity index is 2.59. The van der Waals surface area contributed by atoms with Crippen molar-refractivity contribution >= 4 is 12.0 Å². The Morgan fingerprint density at radius 2 is 1.75 bits per heavy atom. The maximum Gasteiger partial charge on any atom is 0.338 e. The van der Waals surface area contributed by atoms with Gasteiger partial charge in [-0.2, -0.15) is 0 Å². The van der Waals surface area contributed by atoms with Crippen LogP contribution in [0.2, 0.25) is 0 Å². The van der Waals surface area contributed by atoms with Gasteiger partial charge >= 0.3 is 12.0 Å². The molecule has 2 amide bonds. The van der Waals surface area contributed by atoms with Crippen LogP contribution in [0.15, 0.2) is 23.4 Å². The van der Waals surface area contributed by atoms with Gasteiger partial charge in [0.1, 0.15) is 0 Å². The number of rotatable bonds is 9. The van der Waals surface area contributed by atoms with Crippen molar-refractivity contribution in [2.45, 2.75) is 39.7 Å². The van der Waals surface area contributed by atoms with E-state index in [2.05, 4.69) is 10.6 Å². The molecule has 0 fully saturated rings. The van der Waals surface area contributed by atoms with Gasteiger partial charge in [-0.3, -0.25) is 0 Å². The van der Waals surface area contributed by atoms with Crippen LogP contribution < -0.4 is 24.8 Å². The highest BCUT2D eigenvalue weighted by atomic mass is 16.5. The van der Waals surface area contributed by atoms with Crippen LogP contribution in [0, 0.1) is 0 Å². The van der Waals surface area contributed by atoms with Crippen molar-refractivity contribution in [2.75, 3.05) is 27.4 Å². The van der Waals surface area contributed by atoms with E-state index in [1.54, 1.807) is 19.1 Å². The van der Waals surface area contributed by atoms with Gasteiger partial charge in [0.2, 0.25) is 5.75 Å². The Morgan fingerprint density at radius 3 is 2.25 bits per heavy atom. The zero-order chi connectivity index (χ0) is 20.7. The fourth-order valence-electron chi connectivity index (χ4n) is 3.01. The molecule has 1 heterocycles. The van der Waals surface area contributed by atoms with Crippen LogP contribution in [-0.2, 0) is 9.53 Å². The molecule has 0 aliphatic carbocycles. The van der Waals surface area contributed by atoms with Gasteiger partial charge in [-0.05, 0) is 37.5 Å². The maximum absolute atomic E-state index is 12.6. The Bertz CT molecular complexity index is 734. The number of hydrogen-bond acceptors (Lipinski definition) is 6. The van der Waals surface area contributed by atoms with E-state index in [0.29, 0.717) is 47.1 Å². The van der Waals surface area contributed by atoms with Crippen molar-refractivity contribution in [1.29, 1.82) is 0 Å². The molecule has 0 saturated carbocycles. The second kappa shape index (κ2) is 9.87. The summed E-state index contributed by atoms with van der Waals surface area (Å²) in [5.74, 6) is 0.906. The molecule has 8 heteroatoms. The lowest BCUT2D eigenvalue weighted by Crippen LogP contribution is -2.45. The lowest BCUT2D eigenvalue weighted by molar-refractivity contribution is -0.139. The van der Waals surface area contributed by atoms with Gasteiger partial charge in [-0.1, -0.05) is 13.8 Å². The number of urea groups is 1. The number of esters is 1. The lowest BCUT2D eigenvalue weighted by atomic mass is 9.93. The average Bonchev–Trinajstić information content (AvgIpc) is 2.70. The van der Waals surface area contributed by atoms with Gasteiger partial charge in [0.25, 0.3) is 0 Å². The first-order valence-electron chi connectivity index (χ1n) is 9.36. The molecule has 154 valence electrons. The van der Waals surface area contributed by atoms with Gasteiger partial charge in [0, 0.05) is 5.70 Å². The summed E-state index contributed by atoms with van der Waals surface area (Å²) in [6.45, 7) is 6.33. The molecule has 1 aromatic carbocycles. The largest absolute Gasteiger partial charge is 0.493 e. The van der Waals surface area contributed by atoms with Crippen LogP contribution >= 0.6 is 0 Å². The van der Waals surface area contributed by atoms with Gasteiger partial charge in [0.15, 0.2) is 11.5 Å². The fourth-order valence-corrected chi connectivity index (χ4v) is 3.01. The van der Waals surface area contributed by atoms with E-state index in [1.165, 1.54) is 14.2 Å². The highest BCUT2D eigenvalue weighted by Crippen LogP contribution is 2.42. The molecule has 8 nitrogen and oxygen atoms in total. The summed E-state index contributed by atoms with van der Waals surface area (Å²) >= 11 is 0. The average molecular weight is 392 g/mol. The van der Waals surface area contributed by atoms with Gasteiger partial charge < -0.3 is 29.6 Å². The van der Waals surface area contributed by atoms with Crippen LogP contribution in [0.4, 0.5) is 4.79 Å². The number of ether oxygens (including phenoxy) is 4. The molecule has 2 N–H and O–H groups in total. The topological polar surface area (TPSA) is 95.1 Å². The minimum atomic E-state index is -0.703. The summed E-state index contributed by atoms with van der Waals surface area (Å²) in [6.07, 6.45) is 1.30. The number of methoxy groups -OCH3 is 2. The summed E-state index contributed by atoms with van der Waals surface area (Å²) in [5.41, 5.74) is 1.51. The van der Waals surface area contributed by atoms with E-state index in [0.717, 1.165) is 6.42 Å². The smallest absolute Gasteiger partial charge is 0.338 e. The lowest BCUT2D eigenvalue weighted by Gasteiger charge is -2.29. The molecule has 0 saturated heterocycles. The zero-order valence-corrected chi connectivity index (χ0v) is 17.0. The molecule has 2 rings (SSSR count). The predicted octanol–water partition coefficient (Wildman–Crippen LogP) is 3.07. The highest BCUT2D eigenvalue weighted by molar-refractivity contribution is 5.95. The van der Waals surface area contributed by atoms with Crippen molar-refractivity contribution < 1.29 is 28.5 Å². The van der Waals surface area contributed by atoms with E-state index in [4.69, 9.17) is 18.9 Å². The Labute approximate surface area is 165 Å². The SMILES string of the molecule is CCCOc1c(OC)cc(C2NC(=O)NC(CC)=C2C(=O)OCC)cc1OC.